The number of nitrogen functional groups attached to an aromatic ring is 2. The van der Waals surface area contributed by atoms with E-state index in [1.807, 2.05) is 106 Å². The number of pyridine rings is 4. The molecular formula is C96H96N18O13. The number of rotatable bonds is 29. The monoisotopic (exact) mass is 1710 g/mol. The number of benzene rings is 6. The molecule has 0 radical (unpaired) electrons. The Morgan fingerprint density at radius 3 is 1.53 bits per heavy atom. The molecule has 6 aliphatic rings. The third-order valence-electron chi connectivity index (χ3n) is 24.3. The third-order valence-corrected chi connectivity index (χ3v) is 24.3. The molecule has 0 bridgehead atoms. The highest BCUT2D eigenvalue weighted by Gasteiger charge is 2.48. The molecule has 6 aromatic heterocycles. The number of imide groups is 4. The van der Waals surface area contributed by atoms with Crippen LogP contribution in [0.1, 0.15) is 160 Å². The van der Waals surface area contributed by atoms with Crippen molar-refractivity contribution in [3.05, 3.63) is 244 Å². The number of ether oxygens (including phenoxy) is 2. The molecule has 2 saturated heterocycles. The molecule has 2 aliphatic carbocycles. The standard InChI is InChI=1S/C47H46N10O6.C31H29N5O2.C18H21N3O5/c48-41-33(8-3-22-52-41)42-54-36-16-15-34(53-43(36)56(42)31-13-11-30(12-14-31)47(49)20-4-21-47)29-6-1-5-28(27-29)10-18-38(58)51-24-26-63-25-23-50-35-9-2-7-32-40(35)46(62)57(45(32)61)37-17-19-39(59)55-44(37)60;1-31(16-4-17-31)22-9-11-23(12-10-22)36-29(24-7-3-18-33-28(24)32)35-26-14-13-25(34-30(26)36)21-6-2-5-20(19-21)8-15-27(37)38;19-8-10-26-9-2-4-11-3-1-5-12-15(11)18(25)21(17(12)24)13-6-7-14(22)20-16(13)23/h1-3,5-9,11-16,22,27,37,50H,4,10,17-21,23-26,49H2,(H2,48,52)(H,51,58)(H,55,59,60);2-3,5-7,9-14,18-19H,4,8,15-17H2,1H3,(H2,32,33)(H,37,38);1,3,5,13H,2,4,6-10,19H2,(H,20,22,23). The number of amides is 9. The minimum atomic E-state index is -1.04. The van der Waals surface area contributed by atoms with Crippen LogP contribution in [-0.4, -0.2) is 171 Å². The number of carbonyl (C=O) groups excluding carboxylic acids is 9. The molecule has 13 N–H and O–H groups in total. The lowest BCUT2D eigenvalue weighted by Crippen LogP contribution is -2.54. The van der Waals surface area contributed by atoms with Gasteiger partial charge in [-0.3, -0.25) is 77.5 Å². The van der Waals surface area contributed by atoms with Crippen LogP contribution in [0.5, 0.6) is 0 Å². The molecule has 31 heteroatoms. The van der Waals surface area contributed by atoms with Gasteiger partial charge in [-0.2, -0.15) is 0 Å². The minimum Gasteiger partial charge on any atom is -0.481 e. The molecule has 4 fully saturated rings. The lowest BCUT2D eigenvalue weighted by atomic mass is 9.66. The van der Waals surface area contributed by atoms with E-state index in [0.29, 0.717) is 115 Å². The van der Waals surface area contributed by atoms with Crippen LogP contribution in [0.3, 0.4) is 0 Å². The van der Waals surface area contributed by atoms with Crippen LogP contribution >= 0.6 is 0 Å². The Morgan fingerprint density at radius 2 is 1.02 bits per heavy atom. The number of fused-ring (bicyclic) bond motifs is 4. The molecule has 0 spiro atoms. The quantitative estimate of drug-likeness (QED) is 0.0155. The fraction of sp³-hybridized carbons (Fsp3) is 0.292. The number of hydrogen-bond donors (Lipinski definition) is 9. The van der Waals surface area contributed by atoms with Gasteiger partial charge >= 0.3 is 5.97 Å². The maximum atomic E-state index is 13.3. The number of imidazole rings is 2. The zero-order chi connectivity index (χ0) is 88.6. The second-order valence-electron chi connectivity index (χ2n) is 32.7. The number of hydrogen-bond acceptors (Lipinski definition) is 23. The van der Waals surface area contributed by atoms with Gasteiger partial charge in [-0.15, -0.1) is 0 Å². The highest BCUT2D eigenvalue weighted by Crippen LogP contribution is 2.45. The number of nitrogens with one attached hydrogen (secondary N) is 4. The second kappa shape index (κ2) is 37.6. The van der Waals surface area contributed by atoms with Crippen molar-refractivity contribution in [1.82, 2.24) is 64.8 Å². The fourth-order valence-corrected chi connectivity index (χ4v) is 17.1. The molecular weight excluding hydrogens is 1610 g/mol. The van der Waals surface area contributed by atoms with Crippen LogP contribution in [0.25, 0.3) is 79.0 Å². The van der Waals surface area contributed by atoms with E-state index in [1.54, 1.807) is 48.8 Å². The van der Waals surface area contributed by atoms with Gasteiger partial charge in [0.1, 0.15) is 34.8 Å². The van der Waals surface area contributed by atoms with Crippen molar-refractivity contribution in [3.63, 3.8) is 0 Å². The lowest BCUT2D eigenvalue weighted by Gasteiger charge is -2.39. The van der Waals surface area contributed by atoms with Crippen molar-refractivity contribution in [1.29, 1.82) is 0 Å². The molecule has 9 amide bonds. The predicted molar refractivity (Wildman–Crippen MR) is 476 cm³/mol. The van der Waals surface area contributed by atoms with Crippen molar-refractivity contribution < 1.29 is 62.5 Å². The largest absolute Gasteiger partial charge is 0.481 e. The number of carbonyl (C=O) groups is 10. The summed E-state index contributed by atoms with van der Waals surface area (Å²) < 4.78 is 15.1. The number of carboxylic acids is 1. The van der Waals surface area contributed by atoms with Gasteiger partial charge in [0.15, 0.2) is 22.9 Å². The first-order valence-corrected chi connectivity index (χ1v) is 42.7. The van der Waals surface area contributed by atoms with Gasteiger partial charge in [0.05, 0.1) is 64.6 Å². The summed E-state index contributed by atoms with van der Waals surface area (Å²) in [6, 6.07) is 56.2. The average molecular weight is 1710 g/mol. The van der Waals surface area contributed by atoms with Gasteiger partial charge in [-0.25, -0.2) is 29.9 Å². The van der Waals surface area contributed by atoms with Crippen LogP contribution < -0.4 is 44.2 Å². The zero-order valence-corrected chi connectivity index (χ0v) is 70.0. The Bertz CT molecular complexity index is 6300. The van der Waals surface area contributed by atoms with E-state index < -0.39 is 59.4 Å². The molecule has 31 nitrogen and oxygen atoms in total. The average Bonchev–Trinajstić information content (AvgIpc) is 1.63. The molecule has 2 unspecified atom stereocenters. The van der Waals surface area contributed by atoms with Gasteiger partial charge < -0.3 is 48.1 Å². The Labute approximate surface area is 730 Å². The molecule has 648 valence electrons. The van der Waals surface area contributed by atoms with Crippen LogP contribution in [0.15, 0.2) is 194 Å². The molecule has 12 aromatic rings. The Balaban J connectivity index is 0.000000156. The van der Waals surface area contributed by atoms with Crippen LogP contribution in [0, 0.1) is 0 Å². The summed E-state index contributed by atoms with van der Waals surface area (Å²) in [5.74, 6) is -3.01. The number of piperidine rings is 2. The van der Waals surface area contributed by atoms with Crippen molar-refractivity contribution in [3.8, 4) is 56.7 Å². The van der Waals surface area contributed by atoms with Crippen LogP contribution in [0.2, 0.25) is 0 Å². The molecule has 127 heavy (non-hydrogen) atoms. The Hall–Kier alpha value is -14.4. The number of aryl methyl sites for hydroxylation is 3. The molecule has 6 aromatic carbocycles. The first kappa shape index (κ1) is 86.1. The van der Waals surface area contributed by atoms with E-state index >= 15 is 0 Å². The Morgan fingerprint density at radius 1 is 0.520 bits per heavy atom. The van der Waals surface area contributed by atoms with E-state index in [2.05, 4.69) is 86.7 Å². The van der Waals surface area contributed by atoms with Crippen molar-refractivity contribution in [2.75, 3.05) is 62.8 Å². The molecule has 2 saturated carbocycles. The summed E-state index contributed by atoms with van der Waals surface area (Å²) in [6.07, 6.45) is 13.1. The van der Waals surface area contributed by atoms with Gasteiger partial charge in [-0.1, -0.05) is 92.2 Å². The first-order valence-electron chi connectivity index (χ1n) is 42.7. The number of nitrogens with two attached hydrogens (primary N) is 4. The third kappa shape index (κ3) is 18.3. The van der Waals surface area contributed by atoms with E-state index in [-0.39, 0.29) is 85.6 Å². The van der Waals surface area contributed by atoms with Crippen molar-refractivity contribution >= 4 is 98.8 Å². The fourth-order valence-electron chi connectivity index (χ4n) is 17.1. The SMILES string of the molecule is CC1(c2ccc(-n3c(-c4cccnc4N)nc4ccc(-c5cccc(CCC(=O)O)c5)nc43)cc2)CCC1.NCCOCCCc1cccc2c1C(=O)N(C1CCC(=O)NC1=O)C2=O.Nc1ncccc1-c1nc2ccc(-c3cccc(CCC(=O)NCCOCCNc4cccc5c4C(=O)N(C4CCC(=O)NC4=O)C5=O)c3)nc2n1-c1ccc(C2(N)CCC2)cc1. The van der Waals surface area contributed by atoms with Gasteiger partial charge in [0.25, 0.3) is 23.6 Å². The summed E-state index contributed by atoms with van der Waals surface area (Å²) >= 11 is 0. The number of carboxylic acid groups (broad SMARTS) is 1. The smallest absolute Gasteiger partial charge is 0.303 e. The van der Waals surface area contributed by atoms with E-state index in [1.165, 1.54) is 24.8 Å². The van der Waals surface area contributed by atoms with Crippen LogP contribution in [-0.2, 0) is 68.5 Å². The summed E-state index contributed by atoms with van der Waals surface area (Å²) in [4.78, 5) is 154. The van der Waals surface area contributed by atoms with Crippen LogP contribution in [0.4, 0.5) is 17.3 Å². The predicted octanol–water partition coefficient (Wildman–Crippen LogP) is 10.8. The Kier molecular flexibility index (Phi) is 25.5. The van der Waals surface area contributed by atoms with E-state index in [9.17, 15) is 47.9 Å². The summed E-state index contributed by atoms with van der Waals surface area (Å²) in [5, 5.41) is 19.5. The molecule has 18 rings (SSSR count). The number of aromatic nitrogens is 8. The van der Waals surface area contributed by atoms with Crippen molar-refractivity contribution in [2.45, 2.75) is 133 Å². The number of nitrogens with zero attached hydrogens (tertiary/aromatic N) is 10. The normalized spacial score (nSPS) is 16.7. The summed E-state index contributed by atoms with van der Waals surface area (Å²) in [7, 11) is 0. The zero-order valence-electron chi connectivity index (χ0n) is 70.0. The molecule has 4 aliphatic heterocycles. The topological polar surface area (TPSA) is 455 Å². The van der Waals surface area contributed by atoms with Gasteiger partial charge in [-0.05, 0) is 207 Å². The highest BCUT2D eigenvalue weighted by atomic mass is 16.5. The first-order chi connectivity index (χ1) is 61.5. The number of aliphatic carboxylic acids is 1. The lowest BCUT2D eigenvalue weighted by molar-refractivity contribution is -0.137. The van der Waals surface area contributed by atoms with Crippen molar-refractivity contribution in [2.24, 2.45) is 11.5 Å². The summed E-state index contributed by atoms with van der Waals surface area (Å²) in [6.45, 7) is 4.96. The van der Waals surface area contributed by atoms with E-state index in [4.69, 9.17) is 57.5 Å². The molecule has 10 heterocycles. The second-order valence-corrected chi connectivity index (χ2v) is 32.7. The van der Waals surface area contributed by atoms with Gasteiger partial charge in [0.2, 0.25) is 29.5 Å². The maximum absolute atomic E-state index is 13.3. The minimum absolute atomic E-state index is 0.0471. The maximum Gasteiger partial charge on any atom is 0.303 e. The summed E-state index contributed by atoms with van der Waals surface area (Å²) in [5.41, 5.74) is 40.8. The number of anilines is 3. The van der Waals surface area contributed by atoms with E-state index in [0.717, 1.165) is 102 Å². The molecule has 2 atom stereocenters. The van der Waals surface area contributed by atoms with Gasteiger partial charge in [0, 0.05) is 98.0 Å². The highest BCUT2D eigenvalue weighted by molar-refractivity contribution is 6.26.